The van der Waals surface area contributed by atoms with Crippen molar-refractivity contribution in [2.24, 2.45) is 4.99 Å². The van der Waals surface area contributed by atoms with Crippen molar-refractivity contribution in [3.05, 3.63) is 29.1 Å². The number of carbonyl (C=O) groups is 1. The third-order valence-corrected chi connectivity index (χ3v) is 2.35. The second-order valence-corrected chi connectivity index (χ2v) is 3.71. The topological polar surface area (TPSA) is 42.3 Å². The van der Waals surface area contributed by atoms with Crippen molar-refractivity contribution in [1.82, 2.24) is 4.98 Å². The molecule has 0 aromatic carbocycles. The molecular weight excluding hydrogens is 176 g/mol. The first-order valence-corrected chi connectivity index (χ1v) is 4.74. The van der Waals surface area contributed by atoms with Crippen LogP contribution in [-0.2, 0) is 6.42 Å². The number of rotatable bonds is 1. The molecule has 14 heavy (non-hydrogen) atoms. The average Bonchev–Trinajstić information content (AvgIpc) is 2.17. The lowest BCUT2D eigenvalue weighted by atomic mass is 9.96. The van der Waals surface area contributed by atoms with Crippen LogP contribution < -0.4 is 0 Å². The molecule has 3 nitrogen and oxygen atoms in total. The molecule has 2 rings (SSSR count). The van der Waals surface area contributed by atoms with E-state index in [2.05, 4.69) is 9.98 Å². The Morgan fingerprint density at radius 3 is 2.93 bits per heavy atom. The van der Waals surface area contributed by atoms with E-state index in [4.69, 9.17) is 0 Å². The van der Waals surface area contributed by atoms with Crippen molar-refractivity contribution in [2.45, 2.75) is 26.2 Å². The molecule has 1 aromatic rings. The standard InChI is InChI=1S/C11H12N2O/c1-7(2)10-9-8(3-5-12-10)4-6-13-11(9)14/h3,5-7H,4H2,1-2H3. The zero-order valence-electron chi connectivity index (χ0n) is 8.32. The van der Waals surface area contributed by atoms with E-state index >= 15 is 0 Å². The van der Waals surface area contributed by atoms with E-state index in [0.717, 1.165) is 17.7 Å². The summed E-state index contributed by atoms with van der Waals surface area (Å²) in [6.07, 6.45) is 4.17. The Labute approximate surface area is 82.9 Å². The van der Waals surface area contributed by atoms with Crippen LogP contribution in [0.25, 0.3) is 0 Å². The molecule has 0 unspecified atom stereocenters. The van der Waals surface area contributed by atoms with Gasteiger partial charge in [0.1, 0.15) is 0 Å². The van der Waals surface area contributed by atoms with Crippen molar-refractivity contribution >= 4 is 12.1 Å². The largest absolute Gasteiger partial charge is 0.278 e. The van der Waals surface area contributed by atoms with Gasteiger partial charge in [0.05, 0.1) is 11.3 Å². The number of carbonyl (C=O) groups excluding carboxylic acids is 1. The predicted octanol–water partition coefficient (Wildman–Crippen LogP) is 1.97. The highest BCUT2D eigenvalue weighted by Crippen LogP contribution is 2.23. The predicted molar refractivity (Wildman–Crippen MR) is 54.9 cm³/mol. The summed E-state index contributed by atoms with van der Waals surface area (Å²) in [5.74, 6) is 0.116. The van der Waals surface area contributed by atoms with E-state index in [1.54, 1.807) is 12.4 Å². The smallest absolute Gasteiger partial charge is 0.267 e. The maximum absolute atomic E-state index is 11.6. The van der Waals surface area contributed by atoms with Crippen LogP contribution in [0, 0.1) is 0 Å². The second kappa shape index (κ2) is 3.33. The first-order chi connectivity index (χ1) is 6.70. The van der Waals surface area contributed by atoms with E-state index in [0.29, 0.717) is 5.56 Å². The van der Waals surface area contributed by atoms with Crippen LogP contribution in [0.15, 0.2) is 17.3 Å². The zero-order chi connectivity index (χ0) is 10.1. The van der Waals surface area contributed by atoms with Crippen molar-refractivity contribution in [2.75, 3.05) is 0 Å². The number of nitrogens with zero attached hydrogens (tertiary/aromatic N) is 2. The molecular formula is C11H12N2O. The zero-order valence-corrected chi connectivity index (χ0v) is 8.32. The van der Waals surface area contributed by atoms with Gasteiger partial charge < -0.3 is 0 Å². The molecule has 72 valence electrons. The van der Waals surface area contributed by atoms with Gasteiger partial charge in [-0.3, -0.25) is 9.78 Å². The van der Waals surface area contributed by atoms with Crippen molar-refractivity contribution in [1.29, 1.82) is 0 Å². The van der Waals surface area contributed by atoms with Gasteiger partial charge in [0, 0.05) is 18.8 Å². The van der Waals surface area contributed by atoms with E-state index < -0.39 is 0 Å². The second-order valence-electron chi connectivity index (χ2n) is 3.71. The van der Waals surface area contributed by atoms with Gasteiger partial charge in [0.25, 0.3) is 5.91 Å². The van der Waals surface area contributed by atoms with Gasteiger partial charge in [-0.05, 0) is 17.5 Å². The summed E-state index contributed by atoms with van der Waals surface area (Å²) in [5, 5.41) is 0. The number of pyridine rings is 1. The lowest BCUT2D eigenvalue weighted by Crippen LogP contribution is -2.13. The average molecular weight is 188 g/mol. The summed E-state index contributed by atoms with van der Waals surface area (Å²) in [6.45, 7) is 4.07. The van der Waals surface area contributed by atoms with Crippen LogP contribution in [0.3, 0.4) is 0 Å². The molecule has 3 heteroatoms. The minimum absolute atomic E-state index is 0.150. The van der Waals surface area contributed by atoms with E-state index in [-0.39, 0.29) is 11.8 Å². The molecule has 0 fully saturated rings. The third-order valence-electron chi connectivity index (χ3n) is 2.35. The Balaban J connectivity index is 2.61. The van der Waals surface area contributed by atoms with E-state index in [1.807, 2.05) is 19.9 Å². The van der Waals surface area contributed by atoms with Crippen molar-refractivity contribution in [3.63, 3.8) is 0 Å². The lowest BCUT2D eigenvalue weighted by molar-refractivity contribution is 0.0999. The van der Waals surface area contributed by atoms with Gasteiger partial charge in [-0.25, -0.2) is 4.99 Å². The molecule has 0 saturated heterocycles. The molecule has 1 aliphatic rings. The summed E-state index contributed by atoms with van der Waals surface area (Å²) in [5.41, 5.74) is 2.62. The minimum Gasteiger partial charge on any atom is -0.267 e. The maximum Gasteiger partial charge on any atom is 0.278 e. The number of amides is 1. The van der Waals surface area contributed by atoms with Crippen LogP contribution in [0.1, 0.15) is 41.4 Å². The Bertz CT molecular complexity index is 408. The molecule has 1 amide bonds. The fraction of sp³-hybridized carbons (Fsp3) is 0.364. The molecule has 0 spiro atoms. The molecule has 1 aliphatic heterocycles. The Morgan fingerprint density at radius 2 is 2.21 bits per heavy atom. The first-order valence-electron chi connectivity index (χ1n) is 4.74. The molecule has 0 radical (unpaired) electrons. The molecule has 2 heterocycles. The normalized spacial score (nSPS) is 14.6. The number of fused-ring (bicyclic) bond motifs is 1. The Morgan fingerprint density at radius 1 is 1.43 bits per heavy atom. The van der Waals surface area contributed by atoms with Crippen LogP contribution in [0.2, 0.25) is 0 Å². The summed E-state index contributed by atoms with van der Waals surface area (Å²) in [4.78, 5) is 19.6. The van der Waals surface area contributed by atoms with Crippen LogP contribution in [-0.4, -0.2) is 17.1 Å². The van der Waals surface area contributed by atoms with E-state index in [1.165, 1.54) is 0 Å². The van der Waals surface area contributed by atoms with Gasteiger partial charge in [0.15, 0.2) is 0 Å². The fourth-order valence-electron chi connectivity index (χ4n) is 1.67. The monoisotopic (exact) mass is 188 g/mol. The van der Waals surface area contributed by atoms with Gasteiger partial charge in [0.2, 0.25) is 0 Å². The highest BCUT2D eigenvalue weighted by atomic mass is 16.1. The first kappa shape index (κ1) is 9.06. The summed E-state index contributed by atoms with van der Waals surface area (Å²) in [6, 6.07) is 1.89. The minimum atomic E-state index is -0.150. The quantitative estimate of drug-likeness (QED) is 0.676. The van der Waals surface area contributed by atoms with Gasteiger partial charge in [-0.1, -0.05) is 13.8 Å². The fourth-order valence-corrected chi connectivity index (χ4v) is 1.67. The molecule has 0 bridgehead atoms. The third kappa shape index (κ3) is 1.35. The van der Waals surface area contributed by atoms with E-state index in [9.17, 15) is 4.79 Å². The molecule has 0 atom stereocenters. The summed E-state index contributed by atoms with van der Waals surface area (Å²) in [7, 11) is 0. The maximum atomic E-state index is 11.6. The Kier molecular flexibility index (Phi) is 2.15. The van der Waals surface area contributed by atoms with Gasteiger partial charge >= 0.3 is 0 Å². The number of aromatic nitrogens is 1. The van der Waals surface area contributed by atoms with Gasteiger partial charge in [-0.2, -0.15) is 0 Å². The lowest BCUT2D eigenvalue weighted by Gasteiger charge is -2.14. The van der Waals surface area contributed by atoms with Crippen LogP contribution in [0.4, 0.5) is 0 Å². The summed E-state index contributed by atoms with van der Waals surface area (Å²) < 4.78 is 0. The number of aliphatic imine (C=N–C) groups is 1. The van der Waals surface area contributed by atoms with Crippen LogP contribution in [0.5, 0.6) is 0 Å². The molecule has 0 saturated carbocycles. The van der Waals surface area contributed by atoms with Crippen molar-refractivity contribution < 1.29 is 4.79 Å². The number of hydrogen-bond donors (Lipinski definition) is 0. The summed E-state index contributed by atoms with van der Waals surface area (Å²) >= 11 is 0. The van der Waals surface area contributed by atoms with Crippen LogP contribution >= 0.6 is 0 Å². The molecule has 0 aliphatic carbocycles. The molecule has 1 aromatic heterocycles. The van der Waals surface area contributed by atoms with Gasteiger partial charge in [-0.15, -0.1) is 0 Å². The molecule has 0 N–H and O–H groups in total. The van der Waals surface area contributed by atoms with Crippen molar-refractivity contribution in [3.8, 4) is 0 Å². The number of hydrogen-bond acceptors (Lipinski definition) is 2. The SMILES string of the molecule is CC(C)c1nccc2c1C(=O)N=CC2. The highest BCUT2D eigenvalue weighted by Gasteiger charge is 2.20. The Hall–Kier alpha value is -1.51. The highest BCUT2D eigenvalue weighted by molar-refractivity contribution is 6.04.